The second kappa shape index (κ2) is 6.94. The Morgan fingerprint density at radius 2 is 2.03 bits per heavy atom. The topological polar surface area (TPSA) is 88.8 Å². The summed E-state index contributed by atoms with van der Waals surface area (Å²) < 4.78 is 46.5. The molecule has 3 heterocycles. The Morgan fingerprint density at radius 1 is 1.38 bits per heavy atom. The molecule has 1 aromatic rings. The van der Waals surface area contributed by atoms with E-state index in [-0.39, 0.29) is 36.3 Å². The second-order valence-electron chi connectivity index (χ2n) is 8.22. The van der Waals surface area contributed by atoms with Crippen LogP contribution in [0.5, 0.6) is 0 Å². The Bertz CT molecular complexity index is 833. The molecule has 2 N–H and O–H groups in total. The normalized spacial score (nSPS) is 33.9. The van der Waals surface area contributed by atoms with Gasteiger partial charge in [-0.25, -0.2) is 4.98 Å². The zero-order chi connectivity index (χ0) is 21.8. The lowest BCUT2D eigenvalue weighted by molar-refractivity contribution is -0.285. The predicted octanol–water partition coefficient (Wildman–Crippen LogP) is 1.81. The number of amides is 2. The molecule has 0 saturated carbocycles. The van der Waals surface area contributed by atoms with Crippen molar-refractivity contribution >= 4 is 17.6 Å². The summed E-state index contributed by atoms with van der Waals surface area (Å²) in [6.07, 6.45) is -3.56. The maximum absolute atomic E-state index is 13.7. The molecule has 2 amide bonds. The molecular formula is C19H25F3N4O3. The van der Waals surface area contributed by atoms with Crippen molar-refractivity contribution in [2.24, 2.45) is 11.7 Å². The van der Waals surface area contributed by atoms with E-state index in [1.54, 1.807) is 0 Å². The van der Waals surface area contributed by atoms with E-state index >= 15 is 0 Å². The molecule has 1 aromatic heterocycles. The largest absolute Gasteiger partial charge is 0.417 e. The fourth-order valence-electron chi connectivity index (χ4n) is 4.24. The zero-order valence-corrected chi connectivity index (χ0v) is 16.8. The Hall–Kier alpha value is -2.20. The lowest BCUT2D eigenvalue weighted by Crippen LogP contribution is -2.54. The molecule has 0 bridgehead atoms. The summed E-state index contributed by atoms with van der Waals surface area (Å²) in [7, 11) is 1.82. The van der Waals surface area contributed by atoms with Crippen LogP contribution >= 0.6 is 0 Å². The van der Waals surface area contributed by atoms with Crippen LogP contribution < -0.4 is 10.6 Å². The number of nitrogens with two attached hydrogens (primary N) is 1. The van der Waals surface area contributed by atoms with Crippen molar-refractivity contribution in [1.82, 2.24) is 9.88 Å². The highest BCUT2D eigenvalue weighted by atomic mass is 19.4. The number of likely N-dealkylation sites (N-methyl/N-ethyl adjacent to an activating group) is 1. The molecule has 29 heavy (non-hydrogen) atoms. The minimum Gasteiger partial charge on any atom is -0.367 e. The number of rotatable bonds is 3. The van der Waals surface area contributed by atoms with Gasteiger partial charge in [-0.05, 0) is 50.9 Å². The number of nitrogens with zero attached hydrogens (tertiary/aromatic N) is 3. The lowest BCUT2D eigenvalue weighted by atomic mass is 9.83. The van der Waals surface area contributed by atoms with Crippen LogP contribution in [0.4, 0.5) is 19.0 Å². The summed E-state index contributed by atoms with van der Waals surface area (Å²) in [4.78, 5) is 32.5. The first-order chi connectivity index (χ1) is 13.3. The Morgan fingerprint density at radius 3 is 2.55 bits per heavy atom. The fraction of sp³-hybridized carbons (Fsp3) is 0.632. The van der Waals surface area contributed by atoms with Gasteiger partial charge in [0, 0.05) is 18.8 Å². The summed E-state index contributed by atoms with van der Waals surface area (Å²) in [5.74, 6) is -1.95. The van der Waals surface area contributed by atoms with Gasteiger partial charge in [0.25, 0.3) is 5.91 Å². The number of pyridine rings is 1. The van der Waals surface area contributed by atoms with E-state index in [0.717, 1.165) is 6.92 Å². The molecule has 7 nitrogen and oxygen atoms in total. The van der Waals surface area contributed by atoms with Gasteiger partial charge in [0.1, 0.15) is 5.82 Å². The van der Waals surface area contributed by atoms with Gasteiger partial charge in [-0.3, -0.25) is 19.4 Å². The molecule has 0 spiro atoms. The number of ether oxygens (including phenoxy) is 1. The Labute approximate surface area is 167 Å². The summed E-state index contributed by atoms with van der Waals surface area (Å²) in [5.41, 5.74) is 1.23. The molecule has 2 aliphatic rings. The third kappa shape index (κ3) is 3.38. The summed E-state index contributed by atoms with van der Waals surface area (Å²) >= 11 is 0. The SMILES string of the molecule is CC1CN(C)CC(=O)N1c1cc(C2(C(N)=O)CC(C)C(C)(C(F)(F)F)O2)ccn1. The van der Waals surface area contributed by atoms with Crippen LogP contribution in [0.3, 0.4) is 0 Å². The number of carbonyl (C=O) groups excluding carboxylic acids is 2. The molecule has 4 atom stereocenters. The third-order valence-corrected chi connectivity index (χ3v) is 6.03. The van der Waals surface area contributed by atoms with Crippen molar-refractivity contribution in [3.05, 3.63) is 23.9 Å². The lowest BCUT2D eigenvalue weighted by Gasteiger charge is -2.38. The highest BCUT2D eigenvalue weighted by molar-refractivity contribution is 5.95. The van der Waals surface area contributed by atoms with E-state index in [1.807, 2.05) is 18.9 Å². The molecule has 4 unspecified atom stereocenters. The summed E-state index contributed by atoms with van der Waals surface area (Å²) in [5, 5.41) is 0. The zero-order valence-electron chi connectivity index (χ0n) is 16.8. The van der Waals surface area contributed by atoms with Gasteiger partial charge in [0.05, 0.1) is 6.54 Å². The number of halogens is 3. The minimum atomic E-state index is -4.68. The Kier molecular flexibility index (Phi) is 5.15. The maximum Gasteiger partial charge on any atom is 0.417 e. The first kappa shape index (κ1) is 21.5. The van der Waals surface area contributed by atoms with Crippen molar-refractivity contribution in [2.45, 2.75) is 50.6 Å². The molecule has 2 fully saturated rings. The average molecular weight is 414 g/mol. The smallest absolute Gasteiger partial charge is 0.367 e. The van der Waals surface area contributed by atoms with E-state index in [2.05, 4.69) is 4.98 Å². The van der Waals surface area contributed by atoms with Gasteiger partial charge in [-0.2, -0.15) is 13.2 Å². The predicted molar refractivity (Wildman–Crippen MR) is 98.9 cm³/mol. The van der Waals surface area contributed by atoms with E-state index in [4.69, 9.17) is 10.5 Å². The molecule has 2 aliphatic heterocycles. The highest BCUT2D eigenvalue weighted by Crippen LogP contribution is 2.54. The van der Waals surface area contributed by atoms with E-state index in [1.165, 1.54) is 30.2 Å². The van der Waals surface area contributed by atoms with E-state index < -0.39 is 29.2 Å². The van der Waals surface area contributed by atoms with E-state index in [9.17, 15) is 22.8 Å². The second-order valence-corrected chi connectivity index (χ2v) is 8.22. The molecule has 10 heteroatoms. The average Bonchev–Trinajstić information content (AvgIpc) is 2.88. The van der Waals surface area contributed by atoms with Crippen molar-refractivity contribution < 1.29 is 27.5 Å². The number of alkyl halides is 3. The monoisotopic (exact) mass is 414 g/mol. The molecule has 0 aromatic carbocycles. The number of primary amides is 1. The number of anilines is 1. The van der Waals surface area contributed by atoms with Gasteiger partial charge in [-0.15, -0.1) is 0 Å². The molecule has 3 rings (SSSR count). The van der Waals surface area contributed by atoms with Crippen LogP contribution in [-0.4, -0.2) is 59.7 Å². The van der Waals surface area contributed by atoms with Gasteiger partial charge in [0.15, 0.2) is 11.2 Å². The standard InChI is InChI=1S/C19H25F3N4O3/c1-11-8-18(16(23)28,29-17(11,3)19(20,21)22)13-5-6-24-14(7-13)26-12(2)9-25(4)10-15(26)27/h5-7,11-12H,8-10H2,1-4H3,(H2,23,28). The fourth-order valence-corrected chi connectivity index (χ4v) is 4.24. The third-order valence-electron chi connectivity index (χ3n) is 6.03. The van der Waals surface area contributed by atoms with Crippen molar-refractivity contribution in [1.29, 1.82) is 0 Å². The van der Waals surface area contributed by atoms with Crippen molar-refractivity contribution in [3.8, 4) is 0 Å². The van der Waals surface area contributed by atoms with Crippen LogP contribution in [0, 0.1) is 5.92 Å². The summed E-state index contributed by atoms with van der Waals surface area (Å²) in [6, 6.07) is 2.64. The molecule has 2 saturated heterocycles. The van der Waals surface area contributed by atoms with E-state index in [0.29, 0.717) is 6.54 Å². The quantitative estimate of drug-likeness (QED) is 0.815. The first-order valence-corrected chi connectivity index (χ1v) is 9.36. The summed E-state index contributed by atoms with van der Waals surface area (Å²) in [6.45, 7) is 4.96. The van der Waals surface area contributed by atoms with Crippen LogP contribution in [0.15, 0.2) is 18.3 Å². The number of hydrogen-bond acceptors (Lipinski definition) is 5. The van der Waals surface area contributed by atoms with Crippen LogP contribution in [-0.2, 0) is 19.9 Å². The molecular weight excluding hydrogens is 389 g/mol. The highest BCUT2D eigenvalue weighted by Gasteiger charge is 2.66. The Balaban J connectivity index is 2.04. The van der Waals surface area contributed by atoms with Gasteiger partial charge in [-0.1, -0.05) is 6.92 Å². The molecule has 0 radical (unpaired) electrons. The van der Waals surface area contributed by atoms with Crippen LogP contribution in [0.25, 0.3) is 0 Å². The number of hydrogen-bond donors (Lipinski definition) is 1. The van der Waals surface area contributed by atoms with Gasteiger partial charge in [0.2, 0.25) is 5.91 Å². The van der Waals surface area contributed by atoms with Crippen molar-refractivity contribution in [2.75, 3.05) is 25.0 Å². The maximum atomic E-state index is 13.7. The van der Waals surface area contributed by atoms with Crippen molar-refractivity contribution in [3.63, 3.8) is 0 Å². The first-order valence-electron chi connectivity index (χ1n) is 9.36. The molecule has 160 valence electrons. The number of piperazine rings is 1. The van der Waals surface area contributed by atoms with Crippen LogP contribution in [0.2, 0.25) is 0 Å². The van der Waals surface area contributed by atoms with Gasteiger partial charge < -0.3 is 10.5 Å². The van der Waals surface area contributed by atoms with Gasteiger partial charge >= 0.3 is 6.18 Å². The van der Waals surface area contributed by atoms with Crippen LogP contribution in [0.1, 0.15) is 32.8 Å². The molecule has 0 aliphatic carbocycles. The number of aromatic nitrogens is 1. The minimum absolute atomic E-state index is 0.161. The number of carbonyl (C=O) groups is 2.